The van der Waals surface area contributed by atoms with Crippen LogP contribution in [-0.4, -0.2) is 52.3 Å². The fourth-order valence-electron chi connectivity index (χ4n) is 5.09. The van der Waals surface area contributed by atoms with Crippen molar-refractivity contribution in [2.45, 2.75) is 62.1 Å². The van der Waals surface area contributed by atoms with E-state index in [4.69, 9.17) is 5.26 Å². The molecule has 1 aromatic carbocycles. The zero-order valence-corrected chi connectivity index (χ0v) is 21.5. The Morgan fingerprint density at radius 1 is 1.16 bits per heavy atom. The molecular formula is C26H27FN4O5S. The first-order valence-corrected chi connectivity index (χ1v) is 13.7. The number of nitrogens with zero attached hydrogens (tertiary/aromatic N) is 3. The summed E-state index contributed by atoms with van der Waals surface area (Å²) in [6.45, 7) is 3.79. The normalized spacial score (nSPS) is 19.1. The second-order valence-electron chi connectivity index (χ2n) is 10.5. The SMILES string of the molecule is Cc1cc(C(=O)NCc2ccc(C#N)c(F)c2)c(=O)n2c1C(=O)N(CC1(S(=O)(=O)C3(C)CC3)CC1)CC2. The average Bonchev–Trinajstić information content (AvgIpc) is 3.79. The Morgan fingerprint density at radius 2 is 1.86 bits per heavy atom. The van der Waals surface area contributed by atoms with Gasteiger partial charge >= 0.3 is 0 Å². The summed E-state index contributed by atoms with van der Waals surface area (Å²) in [6.07, 6.45) is 2.35. The molecule has 2 fully saturated rings. The third-order valence-electron chi connectivity index (χ3n) is 7.87. The minimum Gasteiger partial charge on any atom is -0.348 e. The number of carbonyl (C=O) groups excluding carboxylic acids is 2. The molecule has 11 heteroatoms. The molecule has 9 nitrogen and oxygen atoms in total. The first-order valence-electron chi connectivity index (χ1n) is 12.2. The van der Waals surface area contributed by atoms with E-state index in [1.54, 1.807) is 19.9 Å². The molecule has 0 bridgehead atoms. The van der Waals surface area contributed by atoms with Gasteiger partial charge in [0.25, 0.3) is 17.4 Å². The number of carbonyl (C=O) groups is 2. The maximum atomic E-state index is 13.8. The van der Waals surface area contributed by atoms with Gasteiger partial charge in [-0.25, -0.2) is 12.8 Å². The zero-order chi connectivity index (χ0) is 26.8. The standard InChI is InChI=1S/C26H27FN4O5S/c1-16-11-19(22(32)29-14-17-3-4-18(13-28)20(27)12-17)23(33)31-10-9-30(24(34)21(16)31)15-26(7-8-26)37(35,36)25(2)5-6-25/h3-4,11-12H,5-10,14-15H2,1-2H3,(H,29,32). The Bertz CT molecular complexity index is 1550. The molecule has 5 rings (SSSR count). The summed E-state index contributed by atoms with van der Waals surface area (Å²) in [5.74, 6) is -1.78. The number of hydrogen-bond acceptors (Lipinski definition) is 6. The zero-order valence-electron chi connectivity index (χ0n) is 20.6. The maximum Gasteiger partial charge on any atom is 0.270 e. The summed E-state index contributed by atoms with van der Waals surface area (Å²) in [5.41, 5.74) is 0.160. The molecule has 0 radical (unpaired) electrons. The van der Waals surface area contributed by atoms with E-state index in [0.717, 1.165) is 6.07 Å². The summed E-state index contributed by atoms with van der Waals surface area (Å²) in [7, 11) is -3.38. The van der Waals surface area contributed by atoms with Gasteiger partial charge in [-0.3, -0.25) is 14.4 Å². The van der Waals surface area contributed by atoms with Crippen molar-refractivity contribution in [2.75, 3.05) is 13.1 Å². The number of amides is 2. The first kappa shape index (κ1) is 25.1. The van der Waals surface area contributed by atoms with Crippen molar-refractivity contribution in [3.05, 3.63) is 68.4 Å². The molecule has 194 valence electrons. The Kier molecular flexibility index (Phi) is 5.79. The average molecular weight is 527 g/mol. The van der Waals surface area contributed by atoms with Gasteiger partial charge in [0.05, 0.1) is 15.1 Å². The number of nitrogens with one attached hydrogen (secondary N) is 1. The number of nitriles is 1. The van der Waals surface area contributed by atoms with Crippen molar-refractivity contribution in [3.63, 3.8) is 0 Å². The van der Waals surface area contributed by atoms with Crippen LogP contribution in [0.1, 0.15) is 70.1 Å². The molecule has 1 N–H and O–H groups in total. The molecule has 0 atom stereocenters. The van der Waals surface area contributed by atoms with Crippen LogP contribution in [0.15, 0.2) is 29.1 Å². The van der Waals surface area contributed by atoms with Crippen LogP contribution in [0.3, 0.4) is 0 Å². The largest absolute Gasteiger partial charge is 0.348 e. The van der Waals surface area contributed by atoms with Crippen molar-refractivity contribution in [2.24, 2.45) is 0 Å². The van der Waals surface area contributed by atoms with Gasteiger partial charge in [-0.05, 0) is 68.9 Å². The molecule has 0 saturated heterocycles. The molecule has 3 aliphatic rings. The van der Waals surface area contributed by atoms with Crippen molar-refractivity contribution >= 4 is 21.7 Å². The number of sulfone groups is 1. The molecule has 2 aromatic rings. The smallest absolute Gasteiger partial charge is 0.270 e. The van der Waals surface area contributed by atoms with Crippen molar-refractivity contribution < 1.29 is 22.4 Å². The summed E-state index contributed by atoms with van der Waals surface area (Å²) in [4.78, 5) is 40.8. The van der Waals surface area contributed by atoms with E-state index >= 15 is 0 Å². The van der Waals surface area contributed by atoms with Crippen LogP contribution >= 0.6 is 0 Å². The highest BCUT2D eigenvalue weighted by atomic mass is 32.2. The Labute approximate surface area is 213 Å². The van der Waals surface area contributed by atoms with Gasteiger partial charge in [0.15, 0.2) is 9.84 Å². The van der Waals surface area contributed by atoms with Gasteiger partial charge < -0.3 is 14.8 Å². The highest BCUT2D eigenvalue weighted by Crippen LogP contribution is 2.56. The minimum atomic E-state index is -3.38. The fourth-order valence-corrected chi connectivity index (χ4v) is 7.74. The number of halogens is 1. The number of hydrogen-bond donors (Lipinski definition) is 1. The van der Waals surface area contributed by atoms with E-state index in [-0.39, 0.29) is 43.0 Å². The predicted octanol–water partition coefficient (Wildman–Crippen LogP) is 2.05. The molecular weight excluding hydrogens is 499 g/mol. The summed E-state index contributed by atoms with van der Waals surface area (Å²) in [6, 6.07) is 7.06. The summed E-state index contributed by atoms with van der Waals surface area (Å²) < 4.78 is 39.9. The second kappa shape index (κ2) is 8.52. The number of aromatic nitrogens is 1. The fraction of sp³-hybridized carbons (Fsp3) is 0.462. The quantitative estimate of drug-likeness (QED) is 0.588. The number of aryl methyl sites for hydroxylation is 1. The van der Waals surface area contributed by atoms with Crippen LogP contribution in [0.5, 0.6) is 0 Å². The van der Waals surface area contributed by atoms with Crippen LogP contribution in [0.2, 0.25) is 0 Å². The van der Waals surface area contributed by atoms with Crippen molar-refractivity contribution in [1.29, 1.82) is 5.26 Å². The highest BCUT2D eigenvalue weighted by molar-refractivity contribution is 7.94. The van der Waals surface area contributed by atoms with Crippen LogP contribution in [-0.2, 0) is 22.9 Å². The van der Waals surface area contributed by atoms with Gasteiger partial charge in [-0.15, -0.1) is 0 Å². The highest BCUT2D eigenvalue weighted by Gasteiger charge is 2.65. The minimum absolute atomic E-state index is 0.0517. The van der Waals surface area contributed by atoms with Crippen LogP contribution in [0.25, 0.3) is 0 Å². The predicted molar refractivity (Wildman–Crippen MR) is 132 cm³/mol. The van der Waals surface area contributed by atoms with Crippen molar-refractivity contribution in [3.8, 4) is 6.07 Å². The van der Waals surface area contributed by atoms with Crippen LogP contribution in [0.4, 0.5) is 4.39 Å². The molecule has 2 heterocycles. The van der Waals surface area contributed by atoms with E-state index in [9.17, 15) is 27.2 Å². The third kappa shape index (κ3) is 4.03. The number of benzene rings is 1. The lowest BCUT2D eigenvalue weighted by molar-refractivity contribution is 0.0693. The summed E-state index contributed by atoms with van der Waals surface area (Å²) >= 11 is 0. The first-order chi connectivity index (χ1) is 17.4. The molecule has 2 saturated carbocycles. The lowest BCUT2D eigenvalue weighted by atomic mass is 10.1. The molecule has 0 spiro atoms. The van der Waals surface area contributed by atoms with Gasteiger partial charge in [0.1, 0.15) is 23.1 Å². The Hall–Kier alpha value is -3.52. The number of fused-ring (bicyclic) bond motifs is 1. The van der Waals surface area contributed by atoms with Gasteiger partial charge in [0.2, 0.25) is 0 Å². The van der Waals surface area contributed by atoms with E-state index in [1.807, 2.05) is 0 Å². The lowest BCUT2D eigenvalue weighted by Gasteiger charge is -2.34. The molecule has 2 amide bonds. The van der Waals surface area contributed by atoms with Crippen molar-refractivity contribution in [1.82, 2.24) is 14.8 Å². The van der Waals surface area contributed by atoms with E-state index in [2.05, 4.69) is 5.32 Å². The monoisotopic (exact) mass is 526 g/mol. The molecule has 2 aliphatic carbocycles. The Morgan fingerprint density at radius 3 is 2.46 bits per heavy atom. The molecule has 37 heavy (non-hydrogen) atoms. The van der Waals surface area contributed by atoms with Crippen LogP contribution in [0, 0.1) is 24.1 Å². The molecule has 1 aliphatic heterocycles. The molecule has 0 unspecified atom stereocenters. The third-order valence-corrected chi connectivity index (χ3v) is 11.3. The second-order valence-corrected chi connectivity index (χ2v) is 13.4. The maximum absolute atomic E-state index is 13.8. The molecule has 1 aromatic heterocycles. The van der Waals surface area contributed by atoms with E-state index in [1.165, 1.54) is 27.7 Å². The van der Waals surface area contributed by atoms with E-state index in [0.29, 0.717) is 36.8 Å². The Balaban J connectivity index is 1.34. The lowest BCUT2D eigenvalue weighted by Crippen LogP contribution is -2.51. The topological polar surface area (TPSA) is 129 Å². The van der Waals surface area contributed by atoms with Crippen LogP contribution < -0.4 is 10.9 Å². The van der Waals surface area contributed by atoms with Gasteiger partial charge in [0, 0.05) is 26.2 Å². The van der Waals surface area contributed by atoms with Gasteiger partial charge in [-0.2, -0.15) is 5.26 Å². The number of rotatable bonds is 7. The van der Waals surface area contributed by atoms with E-state index < -0.39 is 42.5 Å². The summed E-state index contributed by atoms with van der Waals surface area (Å²) in [5, 5.41) is 11.4. The number of pyridine rings is 1. The van der Waals surface area contributed by atoms with Gasteiger partial charge in [-0.1, -0.05) is 6.07 Å².